The lowest BCUT2D eigenvalue weighted by atomic mass is 9.98. The molecule has 1 rings (SSSR count). The molecule has 152 valence electrons. The van der Waals surface area contributed by atoms with Crippen LogP contribution in [0.4, 0.5) is 0 Å². The fraction of sp³-hybridized carbons (Fsp3) is 0.905. The highest BCUT2D eigenvalue weighted by Gasteiger charge is 2.17. The zero-order valence-corrected chi connectivity index (χ0v) is 17.5. The number of carbonyl (C=O) groups excluding carboxylic acids is 2. The van der Waals surface area contributed by atoms with Crippen LogP contribution in [0.1, 0.15) is 96.8 Å². The van der Waals surface area contributed by atoms with Gasteiger partial charge in [-0.3, -0.25) is 9.59 Å². The van der Waals surface area contributed by atoms with Crippen LogP contribution < -0.4 is 0 Å². The van der Waals surface area contributed by atoms with Gasteiger partial charge in [0.05, 0.1) is 19.4 Å². The second-order valence-corrected chi connectivity index (χ2v) is 8.43. The van der Waals surface area contributed by atoms with E-state index in [1.807, 2.05) is 0 Å². The molecule has 0 aromatic rings. The molecule has 1 saturated carbocycles. The van der Waals surface area contributed by atoms with Gasteiger partial charge in [-0.05, 0) is 32.1 Å². The summed E-state index contributed by atoms with van der Waals surface area (Å²) in [6, 6.07) is 0. The van der Waals surface area contributed by atoms with Crippen LogP contribution in [0.15, 0.2) is 0 Å². The minimum Gasteiger partial charge on any atom is -0.466 e. The average Bonchev–Trinajstić information content (AvgIpc) is 2.64. The van der Waals surface area contributed by atoms with Crippen molar-refractivity contribution in [3.05, 3.63) is 0 Å². The molecule has 0 heterocycles. The topological polar surface area (TPSA) is 52.6 Å². The fourth-order valence-electron chi connectivity index (χ4n) is 3.16. The summed E-state index contributed by atoms with van der Waals surface area (Å²) in [5.74, 6) is 1.22. The number of unbranched alkanes of at least 4 members (excludes halogenated alkanes) is 6. The molecule has 5 heteroatoms. The van der Waals surface area contributed by atoms with E-state index in [0.717, 1.165) is 31.4 Å². The minimum atomic E-state index is -0.117. The molecule has 0 aromatic carbocycles. The summed E-state index contributed by atoms with van der Waals surface area (Å²) in [6.45, 7) is 2.77. The number of carbonyl (C=O) groups is 2. The van der Waals surface area contributed by atoms with Gasteiger partial charge in [-0.1, -0.05) is 51.9 Å². The van der Waals surface area contributed by atoms with Gasteiger partial charge in [0.2, 0.25) is 0 Å². The molecule has 1 fully saturated rings. The molecule has 0 atom stereocenters. The highest BCUT2D eigenvalue weighted by molar-refractivity contribution is 7.99. The predicted molar refractivity (Wildman–Crippen MR) is 108 cm³/mol. The third-order valence-electron chi connectivity index (χ3n) is 4.76. The summed E-state index contributed by atoms with van der Waals surface area (Å²) >= 11 is 1.63. The average molecular weight is 387 g/mol. The fourth-order valence-corrected chi connectivity index (χ4v) is 3.98. The monoisotopic (exact) mass is 386 g/mol. The van der Waals surface area contributed by atoms with Gasteiger partial charge >= 0.3 is 11.9 Å². The number of esters is 2. The Hall–Kier alpha value is -0.710. The van der Waals surface area contributed by atoms with Gasteiger partial charge in [0.25, 0.3) is 0 Å². The number of hydrogen-bond donors (Lipinski definition) is 0. The lowest BCUT2D eigenvalue weighted by Gasteiger charge is -2.21. The molecule has 1 aliphatic rings. The Labute approximate surface area is 164 Å². The van der Waals surface area contributed by atoms with Crippen molar-refractivity contribution in [3.63, 3.8) is 0 Å². The number of rotatable bonds is 15. The molecule has 0 bridgehead atoms. The SMILES string of the molecule is CCCCCCCCCOC(=O)CCSCCC(=O)OC1CCCCC1. The van der Waals surface area contributed by atoms with Crippen LogP contribution in [0.5, 0.6) is 0 Å². The molecule has 0 aromatic heterocycles. The largest absolute Gasteiger partial charge is 0.466 e. The first-order valence-corrected chi connectivity index (χ1v) is 11.8. The van der Waals surface area contributed by atoms with Crippen molar-refractivity contribution < 1.29 is 19.1 Å². The summed E-state index contributed by atoms with van der Waals surface area (Å²) in [4.78, 5) is 23.4. The molecular formula is C21H38O4S. The number of hydrogen-bond acceptors (Lipinski definition) is 5. The van der Waals surface area contributed by atoms with E-state index in [0.29, 0.717) is 25.2 Å². The number of thioether (sulfide) groups is 1. The first-order valence-electron chi connectivity index (χ1n) is 10.6. The molecule has 4 nitrogen and oxygen atoms in total. The summed E-state index contributed by atoms with van der Waals surface area (Å²) in [5.41, 5.74) is 0. The molecule has 0 aliphatic heterocycles. The van der Waals surface area contributed by atoms with Gasteiger partial charge in [-0.2, -0.15) is 11.8 Å². The second-order valence-electron chi connectivity index (χ2n) is 7.20. The molecule has 0 spiro atoms. The molecule has 0 unspecified atom stereocenters. The van der Waals surface area contributed by atoms with Crippen LogP contribution in [0.25, 0.3) is 0 Å². The van der Waals surface area contributed by atoms with Crippen LogP contribution in [-0.4, -0.2) is 36.2 Å². The van der Waals surface area contributed by atoms with Crippen molar-refractivity contribution in [2.45, 2.75) is 103 Å². The Morgan fingerprint density at radius 3 is 2.15 bits per heavy atom. The van der Waals surface area contributed by atoms with E-state index in [-0.39, 0.29) is 18.0 Å². The summed E-state index contributed by atoms with van der Waals surface area (Å²) in [6.07, 6.45) is 15.2. The summed E-state index contributed by atoms with van der Waals surface area (Å²) in [7, 11) is 0. The highest BCUT2D eigenvalue weighted by Crippen LogP contribution is 2.21. The molecule has 0 saturated heterocycles. The Kier molecular flexibility index (Phi) is 14.8. The van der Waals surface area contributed by atoms with E-state index < -0.39 is 0 Å². The van der Waals surface area contributed by atoms with Gasteiger partial charge in [0, 0.05) is 11.5 Å². The maximum atomic E-state index is 11.8. The van der Waals surface area contributed by atoms with Crippen LogP contribution in [0.3, 0.4) is 0 Å². The van der Waals surface area contributed by atoms with Crippen molar-refractivity contribution in [1.82, 2.24) is 0 Å². The normalized spacial score (nSPS) is 15.0. The minimum absolute atomic E-state index is 0.0917. The second kappa shape index (κ2) is 16.5. The standard InChI is InChI=1S/C21H38O4S/c1-2-3-4-5-6-7-11-16-24-20(22)14-17-26-18-15-21(23)25-19-12-9-8-10-13-19/h19H,2-18H2,1H3. The molecule has 26 heavy (non-hydrogen) atoms. The van der Waals surface area contributed by atoms with Crippen molar-refractivity contribution in [2.75, 3.05) is 18.1 Å². The molecule has 1 aliphatic carbocycles. The van der Waals surface area contributed by atoms with Crippen LogP contribution in [0, 0.1) is 0 Å². The lowest BCUT2D eigenvalue weighted by Crippen LogP contribution is -2.21. The Balaban J connectivity index is 1.84. The van der Waals surface area contributed by atoms with Gasteiger partial charge in [-0.15, -0.1) is 0 Å². The summed E-state index contributed by atoms with van der Waals surface area (Å²) in [5, 5.41) is 0. The van der Waals surface area contributed by atoms with Crippen LogP contribution in [0.2, 0.25) is 0 Å². The Bertz CT molecular complexity index is 367. The lowest BCUT2D eigenvalue weighted by molar-refractivity contribution is -0.150. The van der Waals surface area contributed by atoms with Crippen molar-refractivity contribution >= 4 is 23.7 Å². The van der Waals surface area contributed by atoms with Crippen molar-refractivity contribution in [1.29, 1.82) is 0 Å². The molecule has 0 amide bonds. The van der Waals surface area contributed by atoms with E-state index in [4.69, 9.17) is 9.47 Å². The highest BCUT2D eigenvalue weighted by atomic mass is 32.2. The predicted octanol–water partition coefficient (Wildman–Crippen LogP) is 5.67. The van der Waals surface area contributed by atoms with E-state index in [2.05, 4.69) is 6.92 Å². The third kappa shape index (κ3) is 13.5. The van der Waals surface area contributed by atoms with Crippen LogP contribution >= 0.6 is 11.8 Å². The first kappa shape index (κ1) is 23.3. The molecule has 0 radical (unpaired) electrons. The third-order valence-corrected chi connectivity index (χ3v) is 5.75. The van der Waals surface area contributed by atoms with E-state index in [1.54, 1.807) is 11.8 Å². The van der Waals surface area contributed by atoms with Gasteiger partial charge in [0.1, 0.15) is 6.10 Å². The zero-order valence-electron chi connectivity index (χ0n) is 16.6. The summed E-state index contributed by atoms with van der Waals surface area (Å²) < 4.78 is 10.7. The maximum absolute atomic E-state index is 11.8. The van der Waals surface area contributed by atoms with E-state index >= 15 is 0 Å². The zero-order chi connectivity index (χ0) is 18.9. The van der Waals surface area contributed by atoms with Crippen molar-refractivity contribution in [2.24, 2.45) is 0 Å². The van der Waals surface area contributed by atoms with Gasteiger partial charge < -0.3 is 9.47 Å². The smallest absolute Gasteiger partial charge is 0.306 e. The van der Waals surface area contributed by atoms with E-state index in [9.17, 15) is 9.59 Å². The van der Waals surface area contributed by atoms with Gasteiger partial charge in [-0.25, -0.2) is 0 Å². The Morgan fingerprint density at radius 1 is 0.846 bits per heavy atom. The molecular weight excluding hydrogens is 348 g/mol. The Morgan fingerprint density at radius 2 is 1.46 bits per heavy atom. The van der Waals surface area contributed by atoms with Crippen molar-refractivity contribution in [3.8, 4) is 0 Å². The van der Waals surface area contributed by atoms with Crippen LogP contribution in [-0.2, 0) is 19.1 Å². The van der Waals surface area contributed by atoms with Gasteiger partial charge in [0.15, 0.2) is 0 Å². The van der Waals surface area contributed by atoms with E-state index in [1.165, 1.54) is 51.4 Å². The maximum Gasteiger partial charge on any atom is 0.306 e. The number of ether oxygens (including phenoxy) is 2. The quantitative estimate of drug-likeness (QED) is 0.268. The first-order chi connectivity index (χ1) is 12.7. The molecule has 0 N–H and O–H groups in total.